The number of anilines is 2. The highest BCUT2D eigenvalue weighted by Crippen LogP contribution is 2.43. The molecule has 2 bridgehead atoms. The van der Waals surface area contributed by atoms with Crippen molar-refractivity contribution in [3.05, 3.63) is 46.7 Å². The topological polar surface area (TPSA) is 108 Å². The van der Waals surface area contributed by atoms with Gasteiger partial charge in [0.25, 0.3) is 0 Å². The van der Waals surface area contributed by atoms with Gasteiger partial charge in [-0.3, -0.25) is 9.59 Å². The Balaban J connectivity index is 1.43. The van der Waals surface area contributed by atoms with Crippen LogP contribution in [0, 0.1) is 0 Å². The van der Waals surface area contributed by atoms with Crippen molar-refractivity contribution < 1.29 is 19.1 Å². The molecule has 42 heavy (non-hydrogen) atoms. The molecule has 1 aromatic heterocycles. The minimum absolute atomic E-state index is 0.0104. The Morgan fingerprint density at radius 2 is 1.74 bits per heavy atom. The van der Waals surface area contributed by atoms with Gasteiger partial charge in [0, 0.05) is 42.8 Å². The number of hydrogen-bond acceptors (Lipinski definition) is 7. The Kier molecular flexibility index (Phi) is 7.89. The number of hydrogen-bond donors (Lipinski definition) is 1. The molecule has 3 atom stereocenters. The summed E-state index contributed by atoms with van der Waals surface area (Å²) in [5, 5.41) is 3.47. The number of nitrogens with one attached hydrogen (secondary N) is 1. The van der Waals surface area contributed by atoms with Gasteiger partial charge in [-0.25, -0.2) is 14.8 Å². The molecule has 3 aliphatic rings. The van der Waals surface area contributed by atoms with E-state index >= 15 is 0 Å². The first-order valence-corrected chi connectivity index (χ1v) is 15.0. The molecule has 1 N–H and O–H groups in total. The Bertz CT molecular complexity index is 1360. The summed E-state index contributed by atoms with van der Waals surface area (Å²) in [5.74, 6) is 0.610. The van der Waals surface area contributed by atoms with Gasteiger partial charge in [-0.15, -0.1) is 0 Å². The number of amides is 3. The summed E-state index contributed by atoms with van der Waals surface area (Å²) < 4.78 is 5.71. The van der Waals surface area contributed by atoms with Crippen molar-refractivity contribution >= 4 is 41.1 Å². The van der Waals surface area contributed by atoms with E-state index in [1.807, 2.05) is 65.5 Å². The van der Waals surface area contributed by atoms with Crippen molar-refractivity contribution in [3.8, 4) is 0 Å². The van der Waals surface area contributed by atoms with Gasteiger partial charge in [0.05, 0.1) is 16.9 Å². The summed E-state index contributed by atoms with van der Waals surface area (Å²) in [5.41, 5.74) is 0.202. The highest BCUT2D eigenvalue weighted by Gasteiger charge is 2.48. The van der Waals surface area contributed by atoms with E-state index in [-0.39, 0.29) is 36.5 Å². The Hall–Kier alpha value is -3.40. The maximum atomic E-state index is 14.5. The molecule has 3 aliphatic heterocycles. The third kappa shape index (κ3) is 5.65. The third-order valence-electron chi connectivity index (χ3n) is 8.49. The van der Waals surface area contributed by atoms with Crippen molar-refractivity contribution in [2.24, 2.45) is 0 Å². The van der Waals surface area contributed by atoms with Gasteiger partial charge in [-0.05, 0) is 79.0 Å². The fourth-order valence-corrected chi connectivity index (χ4v) is 6.44. The van der Waals surface area contributed by atoms with Crippen molar-refractivity contribution in [1.29, 1.82) is 0 Å². The molecular formula is C31H41ClN6O4. The van der Waals surface area contributed by atoms with Crippen LogP contribution in [0.3, 0.4) is 0 Å². The van der Waals surface area contributed by atoms with Crippen molar-refractivity contribution in [2.45, 2.75) is 96.4 Å². The summed E-state index contributed by atoms with van der Waals surface area (Å²) in [6, 6.07) is 7.07. The maximum Gasteiger partial charge on any atom is 0.410 e. The summed E-state index contributed by atoms with van der Waals surface area (Å²) >= 11 is 6.20. The van der Waals surface area contributed by atoms with Crippen LogP contribution in [0.5, 0.6) is 0 Å². The Morgan fingerprint density at radius 3 is 2.31 bits per heavy atom. The number of aromatic nitrogens is 2. The average Bonchev–Trinajstić information content (AvgIpc) is 3.30. The van der Waals surface area contributed by atoms with Crippen LogP contribution in [0.15, 0.2) is 30.6 Å². The lowest BCUT2D eigenvalue weighted by Crippen LogP contribution is -2.58. The Morgan fingerprint density at radius 1 is 1.12 bits per heavy atom. The molecule has 0 saturated carbocycles. The quantitative estimate of drug-likeness (QED) is 0.502. The smallest absolute Gasteiger partial charge is 0.410 e. The summed E-state index contributed by atoms with van der Waals surface area (Å²) in [7, 11) is 0. The molecule has 0 spiro atoms. The number of halogens is 1. The van der Waals surface area contributed by atoms with Gasteiger partial charge in [0.15, 0.2) is 0 Å². The lowest BCUT2D eigenvalue weighted by Gasteiger charge is -2.44. The van der Waals surface area contributed by atoms with Crippen LogP contribution in [0.2, 0.25) is 5.02 Å². The zero-order valence-electron chi connectivity index (χ0n) is 25.5. The fourth-order valence-electron chi connectivity index (χ4n) is 6.31. The van der Waals surface area contributed by atoms with Gasteiger partial charge in [-0.1, -0.05) is 23.7 Å². The zero-order valence-corrected chi connectivity index (χ0v) is 26.2. The molecule has 226 valence electrons. The van der Waals surface area contributed by atoms with Crippen LogP contribution in [0.4, 0.5) is 16.4 Å². The van der Waals surface area contributed by atoms with Crippen molar-refractivity contribution in [1.82, 2.24) is 19.8 Å². The molecule has 2 saturated heterocycles. The normalized spacial score (nSPS) is 21.7. The molecule has 3 amide bonds. The second-order valence-electron chi connectivity index (χ2n) is 13.4. The van der Waals surface area contributed by atoms with Crippen molar-refractivity contribution in [3.63, 3.8) is 0 Å². The van der Waals surface area contributed by atoms with E-state index in [0.717, 1.165) is 29.8 Å². The lowest BCUT2D eigenvalue weighted by molar-refractivity contribution is -0.136. The van der Waals surface area contributed by atoms with Crippen LogP contribution in [0.1, 0.15) is 78.4 Å². The van der Waals surface area contributed by atoms with E-state index in [1.165, 1.54) is 6.33 Å². The standard InChI is InChI=1S/C31H41ClN6O4/c1-18(2)37(29(41)42-30(3,4)5)16-23(19-8-10-20(32)11-9-19)27(39)38-21-12-13-22(38)15-36(14-21)26-24-25(33-17-34-26)35-28(40)31(24,6)7/h8-11,17-18,21-23H,12-16H2,1-7H3,(H,33,34,35,40)/t21-,22+,23-/m1/s1. The van der Waals surface area contributed by atoms with Crippen LogP contribution >= 0.6 is 11.6 Å². The lowest BCUT2D eigenvalue weighted by atomic mass is 9.86. The number of benzene rings is 1. The van der Waals surface area contributed by atoms with Crippen LogP contribution in [0.25, 0.3) is 0 Å². The largest absolute Gasteiger partial charge is 0.444 e. The molecule has 11 heteroatoms. The van der Waals surface area contributed by atoms with Crippen LogP contribution < -0.4 is 10.2 Å². The van der Waals surface area contributed by atoms with E-state index in [4.69, 9.17) is 16.3 Å². The first kappa shape index (κ1) is 30.1. The third-order valence-corrected chi connectivity index (χ3v) is 8.74. The van der Waals surface area contributed by atoms with Crippen LogP contribution in [-0.2, 0) is 19.7 Å². The molecule has 1 aromatic carbocycles. The SMILES string of the molecule is CC(C)N(C[C@@H](C(=O)N1[C@@H]2CC[C@H]1CN(c1ncnc3c1C(C)(C)C(=O)N3)C2)c1ccc(Cl)cc1)C(=O)OC(C)(C)C. The number of fused-ring (bicyclic) bond motifs is 3. The van der Waals surface area contributed by atoms with Gasteiger partial charge in [0.2, 0.25) is 11.8 Å². The number of carbonyl (C=O) groups is 3. The first-order chi connectivity index (χ1) is 19.7. The summed E-state index contributed by atoms with van der Waals surface area (Å²) in [6.45, 7) is 14.5. The number of piperazine rings is 1. The van der Waals surface area contributed by atoms with Gasteiger partial charge in [-0.2, -0.15) is 0 Å². The highest BCUT2D eigenvalue weighted by molar-refractivity contribution is 6.30. The van der Waals surface area contributed by atoms with E-state index in [0.29, 0.717) is 23.9 Å². The number of nitrogens with zero attached hydrogens (tertiary/aromatic N) is 5. The molecule has 2 aromatic rings. The zero-order chi connectivity index (χ0) is 30.6. The summed E-state index contributed by atoms with van der Waals surface area (Å²) in [4.78, 5) is 55.2. The fraction of sp³-hybridized carbons (Fsp3) is 0.581. The minimum Gasteiger partial charge on any atom is -0.444 e. The highest BCUT2D eigenvalue weighted by atomic mass is 35.5. The second kappa shape index (κ2) is 11.0. The second-order valence-corrected chi connectivity index (χ2v) is 13.8. The van der Waals surface area contributed by atoms with Gasteiger partial charge < -0.3 is 24.8 Å². The van der Waals surface area contributed by atoms with Crippen molar-refractivity contribution in [2.75, 3.05) is 29.9 Å². The molecule has 0 unspecified atom stereocenters. The molecule has 4 heterocycles. The van der Waals surface area contributed by atoms with E-state index in [2.05, 4.69) is 20.2 Å². The van der Waals surface area contributed by atoms with E-state index in [9.17, 15) is 14.4 Å². The first-order valence-electron chi connectivity index (χ1n) is 14.7. The molecule has 0 aliphatic carbocycles. The average molecular weight is 597 g/mol. The number of ether oxygens (including phenoxy) is 1. The summed E-state index contributed by atoms with van der Waals surface area (Å²) in [6.07, 6.45) is 2.78. The predicted octanol–water partition coefficient (Wildman–Crippen LogP) is 4.97. The molecule has 10 nitrogen and oxygen atoms in total. The monoisotopic (exact) mass is 596 g/mol. The number of rotatable bonds is 6. The van der Waals surface area contributed by atoms with Gasteiger partial charge in [0.1, 0.15) is 23.6 Å². The molecule has 5 rings (SSSR count). The van der Waals surface area contributed by atoms with E-state index < -0.39 is 23.0 Å². The van der Waals surface area contributed by atoms with Gasteiger partial charge >= 0.3 is 6.09 Å². The number of carbonyl (C=O) groups excluding carboxylic acids is 3. The maximum absolute atomic E-state index is 14.5. The molecular weight excluding hydrogens is 556 g/mol. The molecule has 0 radical (unpaired) electrons. The van der Waals surface area contributed by atoms with E-state index in [1.54, 1.807) is 17.0 Å². The minimum atomic E-state index is -0.750. The predicted molar refractivity (Wildman–Crippen MR) is 162 cm³/mol. The Labute approximate surface area is 252 Å². The molecule has 2 fully saturated rings. The van der Waals surface area contributed by atoms with Crippen LogP contribution in [-0.4, -0.2) is 81.0 Å².